The van der Waals surface area contributed by atoms with E-state index < -0.39 is 10.0 Å². The SMILES string of the molecule is COc1cc(C)c(N)cc1S(=O)(=O)NC1CCC(C)C1. The van der Waals surface area contributed by atoms with Crippen molar-refractivity contribution in [1.29, 1.82) is 0 Å². The minimum Gasteiger partial charge on any atom is -0.495 e. The van der Waals surface area contributed by atoms with E-state index in [0.717, 1.165) is 24.8 Å². The summed E-state index contributed by atoms with van der Waals surface area (Å²) in [6.07, 6.45) is 2.81. The highest BCUT2D eigenvalue weighted by molar-refractivity contribution is 7.89. The predicted octanol–water partition coefficient (Wildman–Crippen LogP) is 2.05. The first-order valence-electron chi connectivity index (χ1n) is 6.80. The first-order valence-corrected chi connectivity index (χ1v) is 8.28. The molecule has 1 aliphatic carbocycles. The van der Waals surface area contributed by atoms with Gasteiger partial charge in [0.05, 0.1) is 7.11 Å². The fraction of sp³-hybridized carbons (Fsp3) is 0.571. The van der Waals surface area contributed by atoms with Crippen LogP contribution in [0.2, 0.25) is 0 Å². The maximum atomic E-state index is 12.5. The van der Waals surface area contributed by atoms with E-state index in [2.05, 4.69) is 11.6 Å². The van der Waals surface area contributed by atoms with E-state index in [0.29, 0.717) is 17.4 Å². The van der Waals surface area contributed by atoms with E-state index in [1.54, 1.807) is 6.07 Å². The first-order chi connectivity index (χ1) is 9.33. The van der Waals surface area contributed by atoms with Crippen molar-refractivity contribution >= 4 is 15.7 Å². The van der Waals surface area contributed by atoms with Gasteiger partial charge in [0.15, 0.2) is 0 Å². The van der Waals surface area contributed by atoms with Crippen LogP contribution in [0.25, 0.3) is 0 Å². The van der Waals surface area contributed by atoms with Gasteiger partial charge in [-0.3, -0.25) is 0 Å². The lowest BCUT2D eigenvalue weighted by Gasteiger charge is -2.16. The van der Waals surface area contributed by atoms with Crippen LogP contribution in [0.5, 0.6) is 5.75 Å². The number of benzene rings is 1. The van der Waals surface area contributed by atoms with Gasteiger partial charge in [-0.15, -0.1) is 0 Å². The lowest BCUT2D eigenvalue weighted by atomic mass is 10.1. The third kappa shape index (κ3) is 3.07. The van der Waals surface area contributed by atoms with Gasteiger partial charge >= 0.3 is 0 Å². The van der Waals surface area contributed by atoms with Crippen LogP contribution >= 0.6 is 0 Å². The smallest absolute Gasteiger partial charge is 0.244 e. The summed E-state index contributed by atoms with van der Waals surface area (Å²) in [5, 5.41) is 0. The molecule has 1 saturated carbocycles. The minimum atomic E-state index is -3.60. The molecule has 1 fully saturated rings. The van der Waals surface area contributed by atoms with E-state index >= 15 is 0 Å². The van der Waals surface area contributed by atoms with Crippen LogP contribution in [0, 0.1) is 12.8 Å². The van der Waals surface area contributed by atoms with Crippen LogP contribution in [0.1, 0.15) is 31.7 Å². The second-order valence-corrected chi connectivity index (χ2v) is 7.28. The van der Waals surface area contributed by atoms with Gasteiger partial charge < -0.3 is 10.5 Å². The lowest BCUT2D eigenvalue weighted by Crippen LogP contribution is -2.33. The molecule has 0 radical (unpaired) electrons. The number of hydrogen-bond donors (Lipinski definition) is 2. The molecule has 0 amide bonds. The number of sulfonamides is 1. The van der Waals surface area contributed by atoms with E-state index in [1.807, 2.05) is 6.92 Å². The molecule has 5 nitrogen and oxygen atoms in total. The van der Waals surface area contributed by atoms with E-state index in [-0.39, 0.29) is 10.9 Å². The Hall–Kier alpha value is -1.27. The van der Waals surface area contributed by atoms with Gasteiger partial charge in [0.25, 0.3) is 0 Å². The summed E-state index contributed by atoms with van der Waals surface area (Å²) in [5.41, 5.74) is 7.07. The molecule has 1 aromatic carbocycles. The average molecular weight is 298 g/mol. The molecule has 20 heavy (non-hydrogen) atoms. The first kappa shape index (κ1) is 15.1. The number of hydrogen-bond acceptors (Lipinski definition) is 4. The van der Waals surface area contributed by atoms with Crippen LogP contribution in [0.4, 0.5) is 5.69 Å². The van der Waals surface area contributed by atoms with Gasteiger partial charge in [-0.2, -0.15) is 0 Å². The van der Waals surface area contributed by atoms with Crippen LogP contribution < -0.4 is 15.2 Å². The summed E-state index contributed by atoms with van der Waals surface area (Å²) in [6, 6.07) is 3.12. The highest BCUT2D eigenvalue weighted by Gasteiger charge is 2.28. The Morgan fingerprint density at radius 1 is 1.35 bits per heavy atom. The number of anilines is 1. The summed E-state index contributed by atoms with van der Waals surface area (Å²) in [5.74, 6) is 0.892. The van der Waals surface area contributed by atoms with E-state index in [9.17, 15) is 8.42 Å². The Bertz CT molecular complexity index is 599. The molecule has 0 aromatic heterocycles. The Morgan fingerprint density at radius 3 is 2.60 bits per heavy atom. The van der Waals surface area contributed by atoms with Gasteiger partial charge in [-0.25, -0.2) is 13.1 Å². The Kier molecular flexibility index (Phi) is 4.25. The number of methoxy groups -OCH3 is 1. The maximum Gasteiger partial charge on any atom is 0.244 e. The number of aryl methyl sites for hydroxylation is 1. The molecule has 2 rings (SSSR count). The Balaban J connectivity index is 2.31. The quantitative estimate of drug-likeness (QED) is 0.834. The van der Waals surface area contributed by atoms with Crippen molar-refractivity contribution < 1.29 is 13.2 Å². The molecular formula is C14H22N2O3S. The van der Waals surface area contributed by atoms with Crippen molar-refractivity contribution in [3.05, 3.63) is 17.7 Å². The van der Waals surface area contributed by atoms with Crippen molar-refractivity contribution in [1.82, 2.24) is 4.72 Å². The molecule has 0 bridgehead atoms. The fourth-order valence-corrected chi connectivity index (χ4v) is 4.11. The molecule has 1 aliphatic rings. The van der Waals surface area contributed by atoms with Crippen LogP contribution in [-0.4, -0.2) is 21.6 Å². The molecule has 1 aromatic rings. The number of rotatable bonds is 4. The van der Waals surface area contributed by atoms with Crippen LogP contribution in [0.3, 0.4) is 0 Å². The maximum absolute atomic E-state index is 12.5. The summed E-state index contributed by atoms with van der Waals surface area (Å²) in [6.45, 7) is 3.96. The molecule has 3 N–H and O–H groups in total. The summed E-state index contributed by atoms with van der Waals surface area (Å²) < 4.78 is 32.9. The summed E-state index contributed by atoms with van der Waals surface area (Å²) in [7, 11) is -2.14. The monoisotopic (exact) mass is 298 g/mol. The van der Waals surface area contributed by atoms with Gasteiger partial charge in [0.1, 0.15) is 10.6 Å². The standard InChI is InChI=1S/C14H22N2O3S/c1-9-4-5-11(6-9)16-20(17,18)14-8-12(15)10(2)7-13(14)19-3/h7-9,11,16H,4-6,15H2,1-3H3. The molecule has 0 spiro atoms. The van der Waals surface area contributed by atoms with E-state index in [1.165, 1.54) is 13.2 Å². The normalized spacial score (nSPS) is 22.9. The molecule has 6 heteroatoms. The zero-order valence-electron chi connectivity index (χ0n) is 12.1. The predicted molar refractivity (Wildman–Crippen MR) is 79.3 cm³/mol. The van der Waals surface area contributed by atoms with Gasteiger partial charge in [-0.05, 0) is 49.8 Å². The highest BCUT2D eigenvalue weighted by Crippen LogP contribution is 2.31. The Morgan fingerprint density at radius 2 is 2.05 bits per heavy atom. The van der Waals surface area contributed by atoms with Crippen molar-refractivity contribution in [2.75, 3.05) is 12.8 Å². The lowest BCUT2D eigenvalue weighted by molar-refractivity contribution is 0.401. The average Bonchev–Trinajstić information content (AvgIpc) is 2.76. The van der Waals surface area contributed by atoms with Gasteiger partial charge in [0, 0.05) is 11.7 Å². The molecule has 0 saturated heterocycles. The topological polar surface area (TPSA) is 81.4 Å². The third-order valence-corrected chi connectivity index (χ3v) is 5.40. The summed E-state index contributed by atoms with van der Waals surface area (Å²) >= 11 is 0. The number of ether oxygens (including phenoxy) is 1. The highest BCUT2D eigenvalue weighted by atomic mass is 32.2. The molecule has 0 aliphatic heterocycles. The zero-order chi connectivity index (χ0) is 14.9. The third-order valence-electron chi connectivity index (χ3n) is 3.86. The van der Waals surface area contributed by atoms with Crippen molar-refractivity contribution in [3.63, 3.8) is 0 Å². The van der Waals surface area contributed by atoms with Crippen molar-refractivity contribution in [2.45, 2.75) is 44.0 Å². The van der Waals surface area contributed by atoms with Crippen molar-refractivity contribution in [2.24, 2.45) is 5.92 Å². The largest absolute Gasteiger partial charge is 0.495 e. The summed E-state index contributed by atoms with van der Waals surface area (Å²) in [4.78, 5) is 0.114. The molecule has 2 unspecified atom stereocenters. The number of nitrogens with two attached hydrogens (primary N) is 1. The van der Waals surface area contributed by atoms with Crippen molar-refractivity contribution in [3.8, 4) is 5.75 Å². The molecule has 112 valence electrons. The number of nitrogens with one attached hydrogen (secondary N) is 1. The van der Waals surface area contributed by atoms with Crippen LogP contribution in [0.15, 0.2) is 17.0 Å². The minimum absolute atomic E-state index is 0.00207. The Labute approximate surface area is 120 Å². The van der Waals surface area contributed by atoms with Gasteiger partial charge in [-0.1, -0.05) is 6.92 Å². The molecular weight excluding hydrogens is 276 g/mol. The molecule has 2 atom stereocenters. The fourth-order valence-electron chi connectivity index (χ4n) is 2.64. The number of nitrogen functional groups attached to an aromatic ring is 1. The second kappa shape index (κ2) is 5.61. The van der Waals surface area contributed by atoms with Crippen LogP contribution in [-0.2, 0) is 10.0 Å². The molecule has 0 heterocycles. The van der Waals surface area contributed by atoms with E-state index in [4.69, 9.17) is 10.5 Å². The zero-order valence-corrected chi connectivity index (χ0v) is 13.0. The second-order valence-electron chi connectivity index (χ2n) is 5.60. The van der Waals surface area contributed by atoms with Gasteiger partial charge in [0.2, 0.25) is 10.0 Å².